The highest BCUT2D eigenvalue weighted by molar-refractivity contribution is 6.30. The van der Waals surface area contributed by atoms with Gasteiger partial charge in [-0.05, 0) is 30.7 Å². The van der Waals surface area contributed by atoms with Crippen molar-refractivity contribution in [2.24, 2.45) is 0 Å². The van der Waals surface area contributed by atoms with Crippen molar-refractivity contribution in [3.05, 3.63) is 87.3 Å². The first-order valence-electron chi connectivity index (χ1n) is 7.17. The molecule has 0 aliphatic rings. The third-order valence-corrected chi connectivity index (χ3v) is 3.63. The second kappa shape index (κ2) is 6.67. The number of benzene rings is 2. The molecule has 5 heteroatoms. The molecular weight excluding hydrogens is 312 g/mol. The van der Waals surface area contributed by atoms with Crippen LogP contribution in [0.25, 0.3) is 5.69 Å². The topological polar surface area (TPSA) is 44.1 Å². The maximum atomic E-state index is 12.7. The van der Waals surface area contributed by atoms with Gasteiger partial charge in [0.25, 0.3) is 0 Å². The maximum absolute atomic E-state index is 12.7. The van der Waals surface area contributed by atoms with Gasteiger partial charge in [-0.2, -0.15) is 9.78 Å². The van der Waals surface area contributed by atoms with E-state index in [4.69, 9.17) is 16.3 Å². The molecule has 3 rings (SSSR count). The third-order valence-electron chi connectivity index (χ3n) is 3.39. The summed E-state index contributed by atoms with van der Waals surface area (Å²) in [6.45, 7) is 2.13. The van der Waals surface area contributed by atoms with E-state index in [1.54, 1.807) is 37.4 Å². The quantitative estimate of drug-likeness (QED) is 0.733. The zero-order chi connectivity index (χ0) is 16.2. The van der Waals surface area contributed by atoms with Gasteiger partial charge in [0.05, 0.1) is 11.9 Å². The first kappa shape index (κ1) is 15.3. The molecular formula is C18H15ClN2O2. The fourth-order valence-electron chi connectivity index (χ4n) is 2.22. The van der Waals surface area contributed by atoms with Crippen molar-refractivity contribution in [2.75, 3.05) is 0 Å². The standard InChI is InChI=1S/C18H15ClN2O2/c1-13-11-20-21(16-9-5-8-15(19)10-16)18(22)17(13)23-12-14-6-3-2-4-7-14/h2-11H,12H2,1H3. The van der Waals surface area contributed by atoms with Crippen LogP contribution in [0.4, 0.5) is 0 Å². The van der Waals surface area contributed by atoms with E-state index in [0.29, 0.717) is 28.6 Å². The van der Waals surface area contributed by atoms with E-state index in [-0.39, 0.29) is 5.56 Å². The summed E-state index contributed by atoms with van der Waals surface area (Å²) in [5.41, 5.74) is 2.00. The van der Waals surface area contributed by atoms with Crippen LogP contribution in [0.1, 0.15) is 11.1 Å². The molecule has 0 radical (unpaired) electrons. The molecule has 0 aliphatic heterocycles. The van der Waals surface area contributed by atoms with Gasteiger partial charge in [0.1, 0.15) is 6.61 Å². The minimum absolute atomic E-state index is 0.295. The SMILES string of the molecule is Cc1cnn(-c2cccc(Cl)c2)c(=O)c1OCc1ccccc1. The molecule has 1 heterocycles. The van der Waals surface area contributed by atoms with Crippen LogP contribution in [0, 0.1) is 6.92 Å². The number of aromatic nitrogens is 2. The molecule has 0 atom stereocenters. The fourth-order valence-corrected chi connectivity index (χ4v) is 2.40. The molecule has 3 aromatic rings. The first-order valence-corrected chi connectivity index (χ1v) is 7.54. The van der Waals surface area contributed by atoms with Crippen LogP contribution < -0.4 is 10.3 Å². The molecule has 23 heavy (non-hydrogen) atoms. The third kappa shape index (κ3) is 3.43. The van der Waals surface area contributed by atoms with Gasteiger partial charge in [0.2, 0.25) is 0 Å². The minimum atomic E-state index is -0.303. The molecule has 0 fully saturated rings. The van der Waals surface area contributed by atoms with Crippen LogP contribution in [0.15, 0.2) is 65.6 Å². The van der Waals surface area contributed by atoms with E-state index >= 15 is 0 Å². The van der Waals surface area contributed by atoms with E-state index in [1.807, 2.05) is 30.3 Å². The Hall–Kier alpha value is -2.59. The number of hydrogen-bond acceptors (Lipinski definition) is 3. The summed E-state index contributed by atoms with van der Waals surface area (Å²) >= 11 is 5.98. The van der Waals surface area contributed by atoms with E-state index in [2.05, 4.69) is 5.10 Å². The number of halogens is 1. The Morgan fingerprint density at radius 2 is 1.91 bits per heavy atom. The van der Waals surface area contributed by atoms with Gasteiger partial charge in [-0.3, -0.25) is 4.79 Å². The monoisotopic (exact) mass is 326 g/mol. The summed E-state index contributed by atoms with van der Waals surface area (Å²) in [6, 6.07) is 16.7. The van der Waals surface area contributed by atoms with Gasteiger partial charge in [-0.25, -0.2) is 0 Å². The Labute approximate surface area is 138 Å². The summed E-state index contributed by atoms with van der Waals surface area (Å²) in [6.07, 6.45) is 1.61. The van der Waals surface area contributed by atoms with Crippen molar-refractivity contribution in [1.82, 2.24) is 9.78 Å². The molecule has 1 aromatic heterocycles. The molecule has 116 valence electrons. The van der Waals surface area contributed by atoms with Crippen molar-refractivity contribution in [1.29, 1.82) is 0 Å². The van der Waals surface area contributed by atoms with Gasteiger partial charge in [0, 0.05) is 10.6 Å². The fraction of sp³-hybridized carbons (Fsp3) is 0.111. The van der Waals surface area contributed by atoms with E-state index in [9.17, 15) is 4.79 Å². The predicted molar refractivity (Wildman–Crippen MR) is 90.4 cm³/mol. The van der Waals surface area contributed by atoms with Crippen molar-refractivity contribution < 1.29 is 4.74 Å². The lowest BCUT2D eigenvalue weighted by atomic mass is 10.2. The second-order valence-corrected chi connectivity index (χ2v) is 5.56. The van der Waals surface area contributed by atoms with Crippen LogP contribution >= 0.6 is 11.6 Å². The summed E-state index contributed by atoms with van der Waals surface area (Å²) in [5.74, 6) is 0.295. The van der Waals surface area contributed by atoms with Gasteiger partial charge in [-0.1, -0.05) is 48.0 Å². The predicted octanol–water partition coefficient (Wildman–Crippen LogP) is 3.77. The minimum Gasteiger partial charge on any atom is -0.483 e. The highest BCUT2D eigenvalue weighted by atomic mass is 35.5. The summed E-state index contributed by atoms with van der Waals surface area (Å²) in [7, 11) is 0. The van der Waals surface area contributed by atoms with Crippen molar-refractivity contribution in [3.63, 3.8) is 0 Å². The van der Waals surface area contributed by atoms with E-state index < -0.39 is 0 Å². The van der Waals surface area contributed by atoms with Crippen LogP contribution in [0.3, 0.4) is 0 Å². The van der Waals surface area contributed by atoms with Crippen molar-refractivity contribution >= 4 is 11.6 Å². The molecule has 0 bridgehead atoms. The average Bonchev–Trinajstić information content (AvgIpc) is 2.55. The Morgan fingerprint density at radius 3 is 2.65 bits per heavy atom. The highest BCUT2D eigenvalue weighted by Crippen LogP contribution is 2.16. The number of nitrogens with zero attached hydrogens (tertiary/aromatic N) is 2. The highest BCUT2D eigenvalue weighted by Gasteiger charge is 2.12. The summed E-state index contributed by atoms with van der Waals surface area (Å²) < 4.78 is 7.03. The molecule has 4 nitrogen and oxygen atoms in total. The van der Waals surface area contributed by atoms with E-state index in [0.717, 1.165) is 5.56 Å². The van der Waals surface area contributed by atoms with Crippen LogP contribution in [0.5, 0.6) is 5.75 Å². The summed E-state index contributed by atoms with van der Waals surface area (Å²) in [5, 5.41) is 4.72. The lowest BCUT2D eigenvalue weighted by molar-refractivity contribution is 0.297. The van der Waals surface area contributed by atoms with Gasteiger partial charge < -0.3 is 4.74 Å². The molecule has 0 aliphatic carbocycles. The Balaban J connectivity index is 1.95. The molecule has 0 saturated carbocycles. The maximum Gasteiger partial charge on any atom is 0.314 e. The Kier molecular flexibility index (Phi) is 4.44. The lowest BCUT2D eigenvalue weighted by Crippen LogP contribution is -2.23. The first-order chi connectivity index (χ1) is 11.1. The van der Waals surface area contributed by atoms with Gasteiger partial charge >= 0.3 is 5.56 Å². The molecule has 0 saturated heterocycles. The Morgan fingerprint density at radius 1 is 1.13 bits per heavy atom. The summed E-state index contributed by atoms with van der Waals surface area (Å²) in [4.78, 5) is 12.7. The zero-order valence-corrected chi connectivity index (χ0v) is 13.3. The normalized spacial score (nSPS) is 10.5. The second-order valence-electron chi connectivity index (χ2n) is 5.13. The van der Waals surface area contributed by atoms with Crippen molar-refractivity contribution in [2.45, 2.75) is 13.5 Å². The largest absolute Gasteiger partial charge is 0.483 e. The smallest absolute Gasteiger partial charge is 0.314 e. The van der Waals surface area contributed by atoms with Crippen molar-refractivity contribution in [3.8, 4) is 11.4 Å². The number of aryl methyl sites for hydroxylation is 1. The molecule has 0 unspecified atom stereocenters. The Bertz CT molecular complexity index is 876. The average molecular weight is 327 g/mol. The lowest BCUT2D eigenvalue weighted by Gasteiger charge is -2.11. The molecule has 2 aromatic carbocycles. The van der Waals surface area contributed by atoms with E-state index in [1.165, 1.54) is 4.68 Å². The zero-order valence-electron chi connectivity index (χ0n) is 12.6. The molecule has 0 N–H and O–H groups in total. The molecule has 0 amide bonds. The number of hydrogen-bond donors (Lipinski definition) is 0. The molecule has 0 spiro atoms. The van der Waals surface area contributed by atoms with Gasteiger partial charge in [-0.15, -0.1) is 0 Å². The van der Waals surface area contributed by atoms with Crippen LogP contribution in [-0.4, -0.2) is 9.78 Å². The number of ether oxygens (including phenoxy) is 1. The van der Waals surface area contributed by atoms with Gasteiger partial charge in [0.15, 0.2) is 5.75 Å². The van der Waals surface area contributed by atoms with Crippen LogP contribution in [0.2, 0.25) is 5.02 Å². The number of rotatable bonds is 4. The van der Waals surface area contributed by atoms with Crippen LogP contribution in [-0.2, 0) is 6.61 Å².